The van der Waals surface area contributed by atoms with Crippen LogP contribution >= 0.6 is 0 Å². The van der Waals surface area contributed by atoms with Crippen molar-refractivity contribution in [1.82, 2.24) is 5.32 Å². The number of hydrogen-bond acceptors (Lipinski definition) is 2. The summed E-state index contributed by atoms with van der Waals surface area (Å²) in [5.41, 5.74) is 10.6. The van der Waals surface area contributed by atoms with Crippen LogP contribution in [0.3, 0.4) is 0 Å². The summed E-state index contributed by atoms with van der Waals surface area (Å²) >= 11 is 0. The Hall–Kier alpha value is -0.860. The van der Waals surface area contributed by atoms with Gasteiger partial charge in [0.05, 0.1) is 0 Å². The molecular weight excluding hydrogens is 232 g/mol. The van der Waals surface area contributed by atoms with Gasteiger partial charge in [-0.2, -0.15) is 0 Å². The molecule has 0 bridgehead atoms. The molecule has 1 aliphatic rings. The van der Waals surface area contributed by atoms with Crippen molar-refractivity contribution in [3.8, 4) is 0 Å². The summed E-state index contributed by atoms with van der Waals surface area (Å²) in [7, 11) is 0. The Morgan fingerprint density at radius 3 is 2.79 bits per heavy atom. The van der Waals surface area contributed by atoms with Crippen LogP contribution < -0.4 is 11.1 Å². The third-order valence-electron chi connectivity index (χ3n) is 4.18. The minimum Gasteiger partial charge on any atom is -0.330 e. The fourth-order valence-electron chi connectivity index (χ4n) is 2.92. The van der Waals surface area contributed by atoms with Gasteiger partial charge < -0.3 is 11.1 Å². The average Bonchev–Trinajstić information content (AvgIpc) is 2.82. The van der Waals surface area contributed by atoms with E-state index in [2.05, 4.69) is 37.4 Å². The fourth-order valence-corrected chi connectivity index (χ4v) is 2.92. The molecule has 0 saturated heterocycles. The quantitative estimate of drug-likeness (QED) is 0.740. The third-order valence-corrected chi connectivity index (χ3v) is 4.18. The second-order valence-corrected chi connectivity index (χ2v) is 6.59. The van der Waals surface area contributed by atoms with Crippen LogP contribution in [0.5, 0.6) is 0 Å². The Balaban J connectivity index is 1.74. The standard InChI is InChI=1S/C17H28N2/c1-17(2,9-10-18)13-19-11-8-14-6-7-15-4-3-5-16(15)12-14/h6-7,12,19H,3-5,8-11,13,18H2,1-2H3. The molecular formula is C17H28N2. The lowest BCUT2D eigenvalue weighted by Gasteiger charge is -2.24. The largest absolute Gasteiger partial charge is 0.330 e. The lowest BCUT2D eigenvalue weighted by Crippen LogP contribution is -2.32. The highest BCUT2D eigenvalue weighted by Gasteiger charge is 2.15. The Morgan fingerprint density at radius 1 is 1.21 bits per heavy atom. The minimum atomic E-state index is 0.312. The molecule has 0 saturated carbocycles. The van der Waals surface area contributed by atoms with Crippen LogP contribution in [-0.2, 0) is 19.3 Å². The molecule has 2 heteroatoms. The minimum absolute atomic E-state index is 0.312. The van der Waals surface area contributed by atoms with Crippen molar-refractivity contribution in [1.29, 1.82) is 0 Å². The van der Waals surface area contributed by atoms with Gasteiger partial charge in [0.1, 0.15) is 0 Å². The molecule has 0 fully saturated rings. The van der Waals surface area contributed by atoms with E-state index < -0.39 is 0 Å². The second kappa shape index (κ2) is 6.53. The van der Waals surface area contributed by atoms with Gasteiger partial charge in [-0.3, -0.25) is 0 Å². The Kier molecular flexibility index (Phi) is 5.00. The topological polar surface area (TPSA) is 38.0 Å². The number of rotatable bonds is 7. The average molecular weight is 260 g/mol. The highest BCUT2D eigenvalue weighted by molar-refractivity contribution is 5.35. The van der Waals surface area contributed by atoms with Gasteiger partial charge in [-0.05, 0) is 67.3 Å². The van der Waals surface area contributed by atoms with Crippen molar-refractivity contribution in [3.05, 3.63) is 34.9 Å². The Labute approximate surface area is 117 Å². The Morgan fingerprint density at radius 2 is 2.00 bits per heavy atom. The number of aryl methyl sites for hydroxylation is 2. The summed E-state index contributed by atoms with van der Waals surface area (Å²) in [6, 6.07) is 7.04. The smallest absolute Gasteiger partial charge is 0.000312 e. The molecule has 0 aromatic heterocycles. The van der Waals surface area contributed by atoms with Gasteiger partial charge in [-0.25, -0.2) is 0 Å². The summed E-state index contributed by atoms with van der Waals surface area (Å²) in [6.07, 6.45) is 6.11. The van der Waals surface area contributed by atoms with Gasteiger partial charge in [0.2, 0.25) is 0 Å². The molecule has 1 aliphatic carbocycles. The maximum atomic E-state index is 5.63. The maximum Gasteiger partial charge on any atom is 0.000312 e. The van der Waals surface area contributed by atoms with Gasteiger partial charge >= 0.3 is 0 Å². The van der Waals surface area contributed by atoms with E-state index >= 15 is 0 Å². The van der Waals surface area contributed by atoms with E-state index in [0.717, 1.165) is 32.5 Å². The lowest BCUT2D eigenvalue weighted by atomic mass is 9.89. The zero-order valence-electron chi connectivity index (χ0n) is 12.5. The summed E-state index contributed by atoms with van der Waals surface area (Å²) in [5.74, 6) is 0. The van der Waals surface area contributed by atoms with Gasteiger partial charge in [0.25, 0.3) is 0 Å². The van der Waals surface area contributed by atoms with Crippen LogP contribution in [-0.4, -0.2) is 19.6 Å². The van der Waals surface area contributed by atoms with Crippen molar-refractivity contribution in [3.63, 3.8) is 0 Å². The van der Waals surface area contributed by atoms with E-state index in [1.165, 1.54) is 24.8 Å². The highest BCUT2D eigenvalue weighted by Crippen LogP contribution is 2.23. The van der Waals surface area contributed by atoms with E-state index in [-0.39, 0.29) is 0 Å². The van der Waals surface area contributed by atoms with Gasteiger partial charge in [-0.15, -0.1) is 0 Å². The number of hydrogen-bond donors (Lipinski definition) is 2. The van der Waals surface area contributed by atoms with Gasteiger partial charge in [0, 0.05) is 6.54 Å². The highest BCUT2D eigenvalue weighted by atomic mass is 14.9. The van der Waals surface area contributed by atoms with Gasteiger partial charge in [0.15, 0.2) is 0 Å². The van der Waals surface area contributed by atoms with E-state index in [1.807, 2.05) is 0 Å². The van der Waals surface area contributed by atoms with Crippen molar-refractivity contribution >= 4 is 0 Å². The van der Waals surface area contributed by atoms with Crippen LogP contribution in [0.15, 0.2) is 18.2 Å². The molecule has 0 amide bonds. The summed E-state index contributed by atoms with van der Waals surface area (Å²) in [5, 5.41) is 3.57. The van der Waals surface area contributed by atoms with Crippen molar-refractivity contribution < 1.29 is 0 Å². The number of nitrogens with one attached hydrogen (secondary N) is 1. The van der Waals surface area contributed by atoms with Crippen molar-refractivity contribution in [2.45, 2.75) is 46.0 Å². The first-order valence-electron chi connectivity index (χ1n) is 7.62. The number of benzene rings is 1. The molecule has 0 heterocycles. The molecule has 0 spiro atoms. The normalized spacial score (nSPS) is 14.7. The number of nitrogens with two attached hydrogens (primary N) is 1. The first-order valence-corrected chi connectivity index (χ1v) is 7.62. The predicted octanol–water partition coefficient (Wildman–Crippen LogP) is 2.68. The molecule has 2 rings (SSSR count). The van der Waals surface area contributed by atoms with Crippen LogP contribution in [0.1, 0.15) is 43.4 Å². The second-order valence-electron chi connectivity index (χ2n) is 6.59. The molecule has 106 valence electrons. The molecule has 0 atom stereocenters. The molecule has 1 aromatic rings. The third kappa shape index (κ3) is 4.32. The van der Waals surface area contributed by atoms with Crippen LogP contribution in [0, 0.1) is 5.41 Å². The summed E-state index contributed by atoms with van der Waals surface area (Å²) < 4.78 is 0. The van der Waals surface area contributed by atoms with Crippen LogP contribution in [0.4, 0.5) is 0 Å². The van der Waals surface area contributed by atoms with Crippen molar-refractivity contribution in [2.24, 2.45) is 11.1 Å². The van der Waals surface area contributed by atoms with Crippen LogP contribution in [0.25, 0.3) is 0 Å². The molecule has 2 nitrogen and oxygen atoms in total. The molecule has 0 radical (unpaired) electrons. The first-order chi connectivity index (χ1) is 9.11. The summed E-state index contributed by atoms with van der Waals surface area (Å²) in [4.78, 5) is 0. The molecule has 1 aromatic carbocycles. The molecule has 3 N–H and O–H groups in total. The lowest BCUT2D eigenvalue weighted by molar-refractivity contribution is 0.321. The first kappa shape index (κ1) is 14.5. The monoisotopic (exact) mass is 260 g/mol. The van der Waals surface area contributed by atoms with E-state index in [0.29, 0.717) is 5.41 Å². The number of fused-ring (bicyclic) bond motifs is 1. The molecule has 0 aliphatic heterocycles. The van der Waals surface area contributed by atoms with Crippen molar-refractivity contribution in [2.75, 3.05) is 19.6 Å². The molecule has 19 heavy (non-hydrogen) atoms. The van der Waals surface area contributed by atoms with E-state index in [4.69, 9.17) is 5.73 Å². The SMILES string of the molecule is CC(C)(CCN)CNCCc1ccc2c(c1)CCC2. The zero-order valence-corrected chi connectivity index (χ0v) is 12.5. The summed E-state index contributed by atoms with van der Waals surface area (Å²) in [6.45, 7) is 7.45. The van der Waals surface area contributed by atoms with Gasteiger partial charge in [-0.1, -0.05) is 32.0 Å². The maximum absolute atomic E-state index is 5.63. The Bertz CT molecular complexity index is 410. The van der Waals surface area contributed by atoms with E-state index in [9.17, 15) is 0 Å². The zero-order chi connectivity index (χ0) is 13.7. The predicted molar refractivity (Wildman–Crippen MR) is 82.5 cm³/mol. The van der Waals surface area contributed by atoms with E-state index in [1.54, 1.807) is 11.1 Å². The fraction of sp³-hybridized carbons (Fsp3) is 0.647. The van der Waals surface area contributed by atoms with Crippen LogP contribution in [0.2, 0.25) is 0 Å². The molecule has 0 unspecified atom stereocenters.